The average Bonchev–Trinajstić information content (AvgIpc) is 2.33. The van der Waals surface area contributed by atoms with Gasteiger partial charge in [-0.1, -0.05) is 36.4 Å². The first kappa shape index (κ1) is 7.42. The third-order valence-electron chi connectivity index (χ3n) is 1.69. The Labute approximate surface area is 68.0 Å². The highest BCUT2D eigenvalue weighted by atomic mass is 32.1. The van der Waals surface area contributed by atoms with E-state index in [1.54, 1.807) is 0 Å². The summed E-state index contributed by atoms with van der Waals surface area (Å²) in [4.78, 5) is 0. The molecule has 0 fully saturated rings. The Morgan fingerprint density at radius 2 is 1.90 bits per heavy atom. The van der Waals surface area contributed by atoms with E-state index in [-0.39, 0.29) is 13.5 Å². The van der Waals surface area contributed by atoms with Crippen LogP contribution in [0.1, 0.15) is 11.1 Å². The summed E-state index contributed by atoms with van der Waals surface area (Å²) in [6.07, 6.45) is 5.50. The molecule has 0 saturated heterocycles. The minimum Gasteiger partial charge on any atom is -0.197 e. The van der Waals surface area contributed by atoms with Crippen LogP contribution in [0.25, 0.3) is 6.08 Å². The van der Waals surface area contributed by atoms with Crippen LogP contribution in [0.4, 0.5) is 0 Å². The summed E-state index contributed by atoms with van der Waals surface area (Å²) in [7, 11) is 0. The predicted octanol–water partition coefficient (Wildman–Crippen LogP) is 2.37. The molecule has 0 unspecified atom stereocenters. The smallest absolute Gasteiger partial charge is 0.00882 e. The molecule has 0 radical (unpaired) electrons. The molecule has 0 bridgehead atoms. The van der Waals surface area contributed by atoms with Gasteiger partial charge in [0, 0.05) is 0 Å². The molecule has 0 heterocycles. The van der Waals surface area contributed by atoms with Crippen molar-refractivity contribution in [2.24, 2.45) is 0 Å². The van der Waals surface area contributed by atoms with Crippen LogP contribution < -0.4 is 0 Å². The second-order valence-electron chi connectivity index (χ2n) is 2.31. The molecular weight excluding hydrogens is 140 g/mol. The summed E-state index contributed by atoms with van der Waals surface area (Å²) in [5, 5.41) is 0. The Morgan fingerprint density at radius 3 is 2.70 bits per heavy atom. The molecule has 52 valence electrons. The zero-order valence-electron chi connectivity index (χ0n) is 5.67. The van der Waals surface area contributed by atoms with Crippen molar-refractivity contribution in [3.63, 3.8) is 0 Å². The van der Waals surface area contributed by atoms with E-state index in [9.17, 15) is 0 Å². The summed E-state index contributed by atoms with van der Waals surface area (Å²) in [5.41, 5.74) is 2.84. The number of fused-ring (bicyclic) bond motifs is 1. The van der Waals surface area contributed by atoms with E-state index in [2.05, 4.69) is 36.4 Å². The molecule has 10 heavy (non-hydrogen) atoms. The van der Waals surface area contributed by atoms with E-state index < -0.39 is 0 Å². The van der Waals surface area contributed by atoms with Gasteiger partial charge in [0.25, 0.3) is 0 Å². The molecule has 1 aromatic rings. The van der Waals surface area contributed by atoms with Gasteiger partial charge in [0.2, 0.25) is 0 Å². The van der Waals surface area contributed by atoms with Gasteiger partial charge in [-0.3, -0.25) is 0 Å². The van der Waals surface area contributed by atoms with Gasteiger partial charge in [-0.15, -0.1) is 0 Å². The number of hydrogen-bond acceptors (Lipinski definition) is 0. The minimum atomic E-state index is 0. The Kier molecular flexibility index (Phi) is 2.17. The van der Waals surface area contributed by atoms with Gasteiger partial charge in [-0.2, -0.15) is 13.5 Å². The Morgan fingerprint density at radius 1 is 1.10 bits per heavy atom. The number of benzene rings is 1. The fourth-order valence-electron chi connectivity index (χ4n) is 1.20. The van der Waals surface area contributed by atoms with Crippen molar-refractivity contribution < 1.29 is 0 Å². The standard InChI is InChI=1S/C9H8.H2S/c1-2-5-9-7-3-6-8(9)4-1;/h1-6H,7H2;1H2. The quantitative estimate of drug-likeness (QED) is 0.532. The minimum absolute atomic E-state index is 0. The Bertz CT molecular complexity index is 251. The maximum absolute atomic E-state index is 2.20. The number of rotatable bonds is 0. The number of hydrogen-bond donors (Lipinski definition) is 0. The van der Waals surface area contributed by atoms with Gasteiger partial charge < -0.3 is 0 Å². The van der Waals surface area contributed by atoms with E-state index in [1.165, 1.54) is 11.1 Å². The summed E-state index contributed by atoms with van der Waals surface area (Å²) in [6, 6.07) is 8.49. The average molecular weight is 150 g/mol. The second kappa shape index (κ2) is 2.93. The molecule has 0 aliphatic heterocycles. The lowest BCUT2D eigenvalue weighted by Crippen LogP contribution is -1.76. The lowest BCUT2D eigenvalue weighted by Gasteiger charge is -1.93. The van der Waals surface area contributed by atoms with Crippen molar-refractivity contribution in [3.8, 4) is 0 Å². The fourth-order valence-corrected chi connectivity index (χ4v) is 1.20. The molecule has 0 nitrogen and oxygen atoms in total. The normalized spacial score (nSPS) is 12.4. The van der Waals surface area contributed by atoms with Crippen LogP contribution in [0.15, 0.2) is 30.3 Å². The van der Waals surface area contributed by atoms with Crippen molar-refractivity contribution in [1.82, 2.24) is 0 Å². The lowest BCUT2D eigenvalue weighted by molar-refractivity contribution is 1.31. The lowest BCUT2D eigenvalue weighted by atomic mass is 10.1. The van der Waals surface area contributed by atoms with E-state index in [1.807, 2.05) is 0 Å². The Balaban J connectivity index is 0.000000500. The highest BCUT2D eigenvalue weighted by molar-refractivity contribution is 7.59. The monoisotopic (exact) mass is 150 g/mol. The van der Waals surface area contributed by atoms with Gasteiger partial charge in [0.05, 0.1) is 0 Å². The molecule has 1 aliphatic carbocycles. The summed E-state index contributed by atoms with van der Waals surface area (Å²) >= 11 is 0. The largest absolute Gasteiger partial charge is 0.197 e. The maximum atomic E-state index is 2.20. The van der Waals surface area contributed by atoms with Gasteiger partial charge in [0.15, 0.2) is 0 Å². The van der Waals surface area contributed by atoms with Crippen LogP contribution in [0.3, 0.4) is 0 Å². The molecule has 0 spiro atoms. The fraction of sp³-hybridized carbons (Fsp3) is 0.111. The summed E-state index contributed by atoms with van der Waals surface area (Å²) < 4.78 is 0. The molecular formula is C9H10S. The van der Waals surface area contributed by atoms with Gasteiger partial charge in [-0.05, 0) is 17.5 Å². The molecule has 1 heteroatoms. The molecule has 0 aromatic heterocycles. The predicted molar refractivity (Wildman–Crippen MR) is 49.6 cm³/mol. The first-order valence-electron chi connectivity index (χ1n) is 3.21. The van der Waals surface area contributed by atoms with Crippen LogP contribution in [0.5, 0.6) is 0 Å². The maximum Gasteiger partial charge on any atom is -0.00882 e. The van der Waals surface area contributed by atoms with Gasteiger partial charge in [0.1, 0.15) is 0 Å². The first-order valence-corrected chi connectivity index (χ1v) is 3.21. The highest BCUT2D eigenvalue weighted by Crippen LogP contribution is 2.17. The molecule has 1 aliphatic rings. The van der Waals surface area contributed by atoms with Crippen molar-refractivity contribution in [2.75, 3.05) is 0 Å². The van der Waals surface area contributed by atoms with Crippen molar-refractivity contribution >= 4 is 19.6 Å². The van der Waals surface area contributed by atoms with Crippen LogP contribution in [0.2, 0.25) is 0 Å². The van der Waals surface area contributed by atoms with Crippen molar-refractivity contribution in [3.05, 3.63) is 41.5 Å². The zero-order valence-corrected chi connectivity index (χ0v) is 6.67. The van der Waals surface area contributed by atoms with Gasteiger partial charge in [-0.25, -0.2) is 0 Å². The number of allylic oxidation sites excluding steroid dienone is 1. The topological polar surface area (TPSA) is 0 Å². The Hall–Kier alpha value is -0.690. The van der Waals surface area contributed by atoms with Crippen LogP contribution >= 0.6 is 13.5 Å². The molecule has 1 aromatic carbocycles. The molecule has 0 atom stereocenters. The van der Waals surface area contributed by atoms with E-state index in [0.29, 0.717) is 0 Å². The molecule has 0 N–H and O–H groups in total. The van der Waals surface area contributed by atoms with E-state index in [4.69, 9.17) is 0 Å². The molecule has 0 saturated carbocycles. The molecule has 0 amide bonds. The highest BCUT2D eigenvalue weighted by Gasteiger charge is 2.00. The van der Waals surface area contributed by atoms with Gasteiger partial charge >= 0.3 is 0 Å². The third kappa shape index (κ3) is 1.09. The third-order valence-corrected chi connectivity index (χ3v) is 1.69. The van der Waals surface area contributed by atoms with Crippen molar-refractivity contribution in [2.45, 2.75) is 6.42 Å². The first-order chi connectivity index (χ1) is 4.47. The van der Waals surface area contributed by atoms with Crippen LogP contribution in [0, 0.1) is 0 Å². The van der Waals surface area contributed by atoms with Crippen LogP contribution in [-0.4, -0.2) is 0 Å². The SMILES string of the molecule is C1=Cc2ccccc2C1.S. The summed E-state index contributed by atoms with van der Waals surface area (Å²) in [6.45, 7) is 0. The zero-order chi connectivity index (χ0) is 6.10. The second-order valence-corrected chi connectivity index (χ2v) is 2.31. The van der Waals surface area contributed by atoms with E-state index >= 15 is 0 Å². The summed E-state index contributed by atoms with van der Waals surface area (Å²) in [5.74, 6) is 0. The van der Waals surface area contributed by atoms with E-state index in [0.717, 1.165) is 6.42 Å². The van der Waals surface area contributed by atoms with Crippen molar-refractivity contribution in [1.29, 1.82) is 0 Å². The van der Waals surface area contributed by atoms with Crippen LogP contribution in [-0.2, 0) is 6.42 Å². The molecule has 2 rings (SSSR count).